The summed E-state index contributed by atoms with van der Waals surface area (Å²) in [5.41, 5.74) is 5.42. The van der Waals surface area contributed by atoms with Crippen molar-refractivity contribution in [1.82, 2.24) is 5.32 Å². The lowest BCUT2D eigenvalue weighted by molar-refractivity contribution is -0.120. The lowest BCUT2D eigenvalue weighted by atomic mass is 10.1. The van der Waals surface area contributed by atoms with Crippen LogP contribution in [0.3, 0.4) is 0 Å². The molecule has 3 N–H and O–H groups in total. The molecule has 1 heterocycles. The molecule has 1 aromatic heterocycles. The number of amides is 1. The number of halogens is 1. The van der Waals surface area contributed by atoms with Gasteiger partial charge in [-0.1, -0.05) is 0 Å². The van der Waals surface area contributed by atoms with Crippen LogP contribution in [0.15, 0.2) is 12.1 Å². The van der Waals surface area contributed by atoms with Gasteiger partial charge in [-0.3, -0.25) is 4.79 Å². The van der Waals surface area contributed by atoms with E-state index >= 15 is 0 Å². The number of nitrogens with two attached hydrogens (primary N) is 1. The lowest BCUT2D eigenvalue weighted by Crippen LogP contribution is -2.45. The molecule has 0 fully saturated rings. The van der Waals surface area contributed by atoms with E-state index in [0.29, 0.717) is 13.0 Å². The second kappa shape index (κ2) is 6.23. The smallest absolute Gasteiger partial charge is 0.225 e. The first-order valence-electron chi connectivity index (χ1n) is 4.98. The van der Waals surface area contributed by atoms with Gasteiger partial charge in [-0.25, -0.2) is 0 Å². The van der Waals surface area contributed by atoms with Crippen molar-refractivity contribution in [2.75, 3.05) is 6.54 Å². The van der Waals surface area contributed by atoms with Gasteiger partial charge in [0.15, 0.2) is 0 Å². The van der Waals surface area contributed by atoms with E-state index in [2.05, 4.69) is 5.32 Å². The van der Waals surface area contributed by atoms with E-state index in [1.54, 1.807) is 11.3 Å². The minimum Gasteiger partial charge on any atom is -0.354 e. The maximum Gasteiger partial charge on any atom is 0.225 e. The molecule has 1 amide bonds. The van der Waals surface area contributed by atoms with E-state index in [4.69, 9.17) is 5.73 Å². The monoisotopic (exact) mass is 262 g/mol. The van der Waals surface area contributed by atoms with Crippen molar-refractivity contribution < 1.29 is 4.79 Å². The molecule has 0 spiro atoms. The van der Waals surface area contributed by atoms with Crippen LogP contribution in [0.4, 0.5) is 0 Å². The number of thiophene rings is 1. The van der Waals surface area contributed by atoms with E-state index in [1.807, 2.05) is 32.9 Å². The number of nitrogens with one attached hydrogen (secondary N) is 1. The molecule has 92 valence electrons. The Balaban J connectivity index is 0.00000225. The largest absolute Gasteiger partial charge is 0.354 e. The molecule has 0 radical (unpaired) electrons. The zero-order chi connectivity index (χ0) is 11.5. The zero-order valence-electron chi connectivity index (χ0n) is 9.87. The fourth-order valence-corrected chi connectivity index (χ4v) is 2.02. The van der Waals surface area contributed by atoms with Gasteiger partial charge in [0.25, 0.3) is 0 Å². The van der Waals surface area contributed by atoms with E-state index in [0.717, 1.165) is 4.88 Å². The molecule has 1 aromatic rings. The molecular weight excluding hydrogens is 244 g/mol. The molecule has 0 aromatic carbocycles. The molecule has 1 rings (SSSR count). The zero-order valence-corrected chi connectivity index (χ0v) is 11.5. The molecule has 0 saturated heterocycles. The van der Waals surface area contributed by atoms with Crippen molar-refractivity contribution in [2.45, 2.75) is 32.7 Å². The van der Waals surface area contributed by atoms with Crippen molar-refractivity contribution in [3.63, 3.8) is 0 Å². The van der Waals surface area contributed by atoms with Crippen LogP contribution in [-0.2, 0) is 11.2 Å². The number of carbonyl (C=O) groups excluding carboxylic acids is 1. The Morgan fingerprint density at radius 3 is 2.56 bits per heavy atom. The summed E-state index contributed by atoms with van der Waals surface area (Å²) >= 11 is 1.66. The molecular formula is C11H19ClN2OS. The van der Waals surface area contributed by atoms with Crippen molar-refractivity contribution in [1.29, 1.82) is 0 Å². The van der Waals surface area contributed by atoms with Gasteiger partial charge in [-0.2, -0.15) is 0 Å². The highest BCUT2D eigenvalue weighted by Crippen LogP contribution is 2.15. The van der Waals surface area contributed by atoms with Crippen molar-refractivity contribution >= 4 is 29.7 Å². The van der Waals surface area contributed by atoms with Gasteiger partial charge in [0, 0.05) is 21.8 Å². The Morgan fingerprint density at radius 1 is 1.50 bits per heavy atom. The molecule has 0 aliphatic rings. The topological polar surface area (TPSA) is 55.1 Å². The van der Waals surface area contributed by atoms with Crippen molar-refractivity contribution in [2.24, 2.45) is 5.73 Å². The third-order valence-corrected chi connectivity index (χ3v) is 2.87. The van der Waals surface area contributed by atoms with Crippen LogP contribution >= 0.6 is 23.7 Å². The number of carbonyl (C=O) groups is 1. The van der Waals surface area contributed by atoms with E-state index in [9.17, 15) is 4.79 Å². The Kier molecular flexibility index (Phi) is 6.00. The highest BCUT2D eigenvalue weighted by atomic mass is 35.5. The maximum absolute atomic E-state index is 11.5. The van der Waals surface area contributed by atoms with Crippen molar-refractivity contribution in [3.05, 3.63) is 21.9 Å². The standard InChI is InChI=1S/C11H18N2OS.ClH/c1-8-4-5-9(15-8)6-10(14)13-7-11(2,3)12;/h4-5H,6-7,12H2,1-3H3,(H,13,14);1H. The van der Waals surface area contributed by atoms with Crippen LogP contribution in [0.25, 0.3) is 0 Å². The molecule has 3 nitrogen and oxygen atoms in total. The molecule has 16 heavy (non-hydrogen) atoms. The van der Waals surface area contributed by atoms with Crippen LogP contribution in [0, 0.1) is 6.92 Å². The summed E-state index contributed by atoms with van der Waals surface area (Å²) in [6.07, 6.45) is 0.453. The Bertz CT molecular complexity index is 344. The third-order valence-electron chi connectivity index (χ3n) is 1.87. The van der Waals surface area contributed by atoms with Gasteiger partial charge in [0.1, 0.15) is 0 Å². The van der Waals surface area contributed by atoms with Gasteiger partial charge in [-0.15, -0.1) is 23.7 Å². The van der Waals surface area contributed by atoms with E-state index in [1.165, 1.54) is 4.88 Å². The number of hydrogen-bond acceptors (Lipinski definition) is 3. The first kappa shape index (κ1) is 15.4. The normalized spacial score (nSPS) is 10.8. The van der Waals surface area contributed by atoms with E-state index in [-0.39, 0.29) is 23.9 Å². The number of hydrogen-bond donors (Lipinski definition) is 2. The fourth-order valence-electron chi connectivity index (χ4n) is 1.13. The summed E-state index contributed by atoms with van der Waals surface area (Å²) in [4.78, 5) is 13.8. The second-order valence-electron chi connectivity index (χ2n) is 4.45. The van der Waals surface area contributed by atoms with Crippen molar-refractivity contribution in [3.8, 4) is 0 Å². The summed E-state index contributed by atoms with van der Waals surface area (Å²) in [5, 5.41) is 2.82. The average Bonchev–Trinajstić information content (AvgIpc) is 2.47. The molecule has 0 aliphatic heterocycles. The molecule has 0 unspecified atom stereocenters. The molecule has 0 bridgehead atoms. The summed E-state index contributed by atoms with van der Waals surface area (Å²) in [7, 11) is 0. The van der Waals surface area contributed by atoms with Gasteiger partial charge in [0.05, 0.1) is 6.42 Å². The van der Waals surface area contributed by atoms with Crippen LogP contribution in [0.5, 0.6) is 0 Å². The first-order valence-corrected chi connectivity index (χ1v) is 5.79. The highest BCUT2D eigenvalue weighted by Gasteiger charge is 2.12. The van der Waals surface area contributed by atoms with Crippen LogP contribution in [0.1, 0.15) is 23.6 Å². The van der Waals surface area contributed by atoms with Crippen LogP contribution in [-0.4, -0.2) is 18.0 Å². The number of aryl methyl sites for hydroxylation is 1. The predicted molar refractivity (Wildman–Crippen MR) is 71.3 cm³/mol. The second-order valence-corrected chi connectivity index (χ2v) is 5.83. The lowest BCUT2D eigenvalue weighted by Gasteiger charge is -2.18. The van der Waals surface area contributed by atoms with Gasteiger partial charge in [0.2, 0.25) is 5.91 Å². The Hall–Kier alpha value is -0.580. The first-order chi connectivity index (χ1) is 6.87. The third kappa shape index (κ3) is 6.10. The number of rotatable bonds is 4. The fraction of sp³-hybridized carbons (Fsp3) is 0.545. The van der Waals surface area contributed by atoms with E-state index < -0.39 is 0 Å². The average molecular weight is 263 g/mol. The van der Waals surface area contributed by atoms with Gasteiger partial charge < -0.3 is 11.1 Å². The predicted octanol–water partition coefficient (Wildman–Crippen LogP) is 1.87. The summed E-state index contributed by atoms with van der Waals surface area (Å²) in [5.74, 6) is 0.0374. The molecule has 0 saturated carbocycles. The Morgan fingerprint density at radius 2 is 2.12 bits per heavy atom. The summed E-state index contributed by atoms with van der Waals surface area (Å²) in [6, 6.07) is 4.02. The minimum atomic E-state index is -0.346. The quantitative estimate of drug-likeness (QED) is 0.871. The molecule has 0 aliphatic carbocycles. The summed E-state index contributed by atoms with van der Waals surface area (Å²) in [6.45, 7) is 6.33. The molecule has 5 heteroatoms. The van der Waals surface area contributed by atoms with Gasteiger partial charge in [-0.05, 0) is 32.9 Å². The minimum absolute atomic E-state index is 0. The Labute approximate surface area is 107 Å². The SMILES string of the molecule is Cc1ccc(CC(=O)NCC(C)(C)N)s1.Cl. The molecule has 0 atom stereocenters. The van der Waals surface area contributed by atoms with Gasteiger partial charge >= 0.3 is 0 Å². The van der Waals surface area contributed by atoms with Crippen LogP contribution in [0.2, 0.25) is 0 Å². The summed E-state index contributed by atoms with van der Waals surface area (Å²) < 4.78 is 0. The maximum atomic E-state index is 11.5. The highest BCUT2D eigenvalue weighted by molar-refractivity contribution is 7.12. The van der Waals surface area contributed by atoms with Crippen LogP contribution < -0.4 is 11.1 Å².